The molecule has 1 saturated carbocycles. The van der Waals surface area contributed by atoms with Crippen LogP contribution in [0, 0.1) is 5.41 Å². The van der Waals surface area contributed by atoms with E-state index in [9.17, 15) is 4.79 Å². The predicted octanol–water partition coefficient (Wildman–Crippen LogP) is 2.76. The van der Waals surface area contributed by atoms with Gasteiger partial charge in [0.05, 0.1) is 0 Å². The third-order valence-corrected chi connectivity index (χ3v) is 4.37. The third-order valence-electron chi connectivity index (χ3n) is 4.37. The van der Waals surface area contributed by atoms with Gasteiger partial charge in [0.25, 0.3) is 0 Å². The van der Waals surface area contributed by atoms with Crippen molar-refractivity contribution >= 4 is 12.3 Å². The smallest absolute Gasteiger partial charge is 0.313 e. The van der Waals surface area contributed by atoms with Crippen LogP contribution in [0.3, 0.4) is 0 Å². The highest BCUT2D eigenvalue weighted by atomic mass is 16.7. The quantitative estimate of drug-likeness (QED) is 0.479. The molecule has 1 unspecified atom stereocenters. The fourth-order valence-corrected chi connectivity index (χ4v) is 3.00. The van der Waals surface area contributed by atoms with Crippen molar-refractivity contribution in [2.75, 3.05) is 13.1 Å². The van der Waals surface area contributed by atoms with Crippen LogP contribution in [0.25, 0.3) is 0 Å². The van der Waals surface area contributed by atoms with E-state index in [0.29, 0.717) is 17.5 Å². The van der Waals surface area contributed by atoms with Crippen LogP contribution in [0.2, 0.25) is 0 Å². The summed E-state index contributed by atoms with van der Waals surface area (Å²) in [6.45, 7) is 8.13. The molecule has 0 radical (unpaired) electrons. The van der Waals surface area contributed by atoms with Crippen molar-refractivity contribution < 1.29 is 9.63 Å². The first kappa shape index (κ1) is 15.3. The highest BCUT2D eigenvalue weighted by Crippen LogP contribution is 2.30. The Kier molecular flexibility index (Phi) is 5.02. The average molecular weight is 281 g/mol. The van der Waals surface area contributed by atoms with Crippen LogP contribution in [-0.4, -0.2) is 42.4 Å². The fourth-order valence-electron chi connectivity index (χ4n) is 3.00. The summed E-state index contributed by atoms with van der Waals surface area (Å²) in [6, 6.07) is 0.860. The third kappa shape index (κ3) is 3.95. The van der Waals surface area contributed by atoms with E-state index in [1.54, 1.807) is 6.92 Å². The molecule has 1 amide bonds. The molecule has 1 aliphatic heterocycles. The maximum Gasteiger partial charge on any atom is 0.436 e. The van der Waals surface area contributed by atoms with Gasteiger partial charge >= 0.3 is 6.09 Å². The lowest BCUT2D eigenvalue weighted by molar-refractivity contribution is 0.0673. The van der Waals surface area contributed by atoms with Gasteiger partial charge in [0.15, 0.2) is 0 Å². The number of carbonyl (C=O) groups is 1. The number of nitrogens with zero attached hydrogens (tertiary/aromatic N) is 2. The van der Waals surface area contributed by atoms with Crippen LogP contribution in [0.1, 0.15) is 52.9 Å². The van der Waals surface area contributed by atoms with Crippen LogP contribution in [0.4, 0.5) is 4.79 Å². The van der Waals surface area contributed by atoms with E-state index in [1.165, 1.54) is 19.1 Å². The lowest BCUT2D eigenvalue weighted by Crippen LogP contribution is -2.45. The van der Waals surface area contributed by atoms with Gasteiger partial charge in [-0.2, -0.15) is 0 Å². The van der Waals surface area contributed by atoms with Crippen molar-refractivity contribution in [2.45, 2.75) is 65.0 Å². The molecule has 2 rings (SSSR count). The minimum Gasteiger partial charge on any atom is -0.313 e. The van der Waals surface area contributed by atoms with Gasteiger partial charge in [0.2, 0.25) is 0 Å². The lowest BCUT2D eigenvalue weighted by atomic mass is 9.89. The van der Waals surface area contributed by atoms with Gasteiger partial charge in [0, 0.05) is 31.4 Å². The summed E-state index contributed by atoms with van der Waals surface area (Å²) >= 11 is 0. The summed E-state index contributed by atoms with van der Waals surface area (Å²) < 4.78 is 0. The van der Waals surface area contributed by atoms with E-state index in [-0.39, 0.29) is 6.09 Å². The fraction of sp³-hybridized carbons (Fsp3) is 0.867. The van der Waals surface area contributed by atoms with Crippen LogP contribution >= 0.6 is 0 Å². The van der Waals surface area contributed by atoms with E-state index in [1.807, 2.05) is 4.90 Å². The zero-order chi connectivity index (χ0) is 14.6. The Hall–Kier alpha value is -1.10. The Morgan fingerprint density at radius 2 is 2.25 bits per heavy atom. The molecule has 0 aromatic rings. The Labute approximate surface area is 121 Å². The summed E-state index contributed by atoms with van der Waals surface area (Å²) in [7, 11) is 0. The zero-order valence-corrected chi connectivity index (χ0v) is 12.9. The molecule has 2 fully saturated rings. The first-order valence-corrected chi connectivity index (χ1v) is 7.71. The summed E-state index contributed by atoms with van der Waals surface area (Å²) in [5, 5.41) is 7.16. The molecule has 114 valence electrons. The van der Waals surface area contributed by atoms with Gasteiger partial charge in [-0.15, -0.1) is 0 Å². The summed E-state index contributed by atoms with van der Waals surface area (Å²) in [6.07, 6.45) is 6.75. The van der Waals surface area contributed by atoms with E-state index < -0.39 is 0 Å². The second-order valence-corrected chi connectivity index (χ2v) is 6.73. The number of nitrogens with one attached hydrogen (secondary N) is 1. The van der Waals surface area contributed by atoms with Gasteiger partial charge in [-0.25, -0.2) is 4.79 Å². The number of oxime groups is 1. The van der Waals surface area contributed by atoms with Crippen molar-refractivity contribution in [1.29, 1.82) is 0 Å². The van der Waals surface area contributed by atoms with E-state index >= 15 is 0 Å². The van der Waals surface area contributed by atoms with Crippen LogP contribution < -0.4 is 5.32 Å². The van der Waals surface area contributed by atoms with E-state index in [0.717, 1.165) is 32.4 Å². The number of hydrogen-bond donors (Lipinski definition) is 1. The molecule has 20 heavy (non-hydrogen) atoms. The average Bonchev–Trinajstić information content (AvgIpc) is 2.68. The van der Waals surface area contributed by atoms with Crippen LogP contribution in [0.5, 0.6) is 0 Å². The summed E-state index contributed by atoms with van der Waals surface area (Å²) in [5.74, 6) is 0. The second-order valence-electron chi connectivity index (χ2n) is 6.73. The van der Waals surface area contributed by atoms with Gasteiger partial charge in [-0.1, -0.05) is 19.0 Å². The molecule has 0 aromatic carbocycles. The highest BCUT2D eigenvalue weighted by Gasteiger charge is 2.33. The largest absolute Gasteiger partial charge is 0.436 e. The zero-order valence-electron chi connectivity index (χ0n) is 12.9. The number of hydrogen-bond acceptors (Lipinski definition) is 4. The summed E-state index contributed by atoms with van der Waals surface area (Å²) in [5.41, 5.74) is 0.374. The molecular formula is C15H27N3O2. The van der Waals surface area contributed by atoms with Crippen molar-refractivity contribution in [1.82, 2.24) is 10.2 Å². The van der Waals surface area contributed by atoms with Crippen molar-refractivity contribution in [3.8, 4) is 0 Å². The molecule has 1 N–H and O–H groups in total. The lowest BCUT2D eigenvalue weighted by Gasteiger charge is -2.36. The van der Waals surface area contributed by atoms with Gasteiger partial charge in [-0.3, -0.25) is 4.84 Å². The number of carbonyl (C=O) groups excluding carboxylic acids is 1. The molecule has 5 heteroatoms. The van der Waals surface area contributed by atoms with Crippen molar-refractivity contribution in [2.24, 2.45) is 10.6 Å². The van der Waals surface area contributed by atoms with E-state index in [2.05, 4.69) is 24.3 Å². The number of rotatable bonds is 5. The standard InChI is InChI=1S/C15H27N3O2/c1-4-17-20-14(19)18(13-6-5-7-13)9-8-12-10-15(2,3)11-16-12/h4,12-13,16H,5-11H2,1-3H3/b17-4-. The molecular weight excluding hydrogens is 254 g/mol. The molecule has 0 spiro atoms. The topological polar surface area (TPSA) is 53.9 Å². The molecule has 1 atom stereocenters. The predicted molar refractivity (Wildman–Crippen MR) is 79.8 cm³/mol. The first-order valence-electron chi connectivity index (χ1n) is 7.71. The van der Waals surface area contributed by atoms with Crippen LogP contribution in [-0.2, 0) is 4.84 Å². The number of amides is 1. The Morgan fingerprint density at radius 1 is 1.50 bits per heavy atom. The first-order chi connectivity index (χ1) is 9.52. The SMILES string of the molecule is C/C=N\OC(=O)N(CCC1CC(C)(C)CN1)C1CCC1. The second kappa shape index (κ2) is 6.57. The van der Waals surface area contributed by atoms with Crippen LogP contribution in [0.15, 0.2) is 5.16 Å². The Morgan fingerprint density at radius 3 is 2.75 bits per heavy atom. The summed E-state index contributed by atoms with van der Waals surface area (Å²) in [4.78, 5) is 18.8. The molecule has 0 bridgehead atoms. The minimum atomic E-state index is -0.301. The highest BCUT2D eigenvalue weighted by molar-refractivity contribution is 5.69. The monoisotopic (exact) mass is 281 g/mol. The van der Waals surface area contributed by atoms with Crippen molar-refractivity contribution in [3.05, 3.63) is 0 Å². The molecule has 1 saturated heterocycles. The molecule has 5 nitrogen and oxygen atoms in total. The molecule has 0 aromatic heterocycles. The Balaban J connectivity index is 1.83. The van der Waals surface area contributed by atoms with Crippen molar-refractivity contribution in [3.63, 3.8) is 0 Å². The van der Waals surface area contributed by atoms with E-state index in [4.69, 9.17) is 4.84 Å². The maximum atomic E-state index is 12.0. The molecule has 2 aliphatic rings. The Bertz CT molecular complexity index is 364. The van der Waals surface area contributed by atoms with Gasteiger partial charge in [-0.05, 0) is 44.4 Å². The molecule has 1 aliphatic carbocycles. The van der Waals surface area contributed by atoms with Gasteiger partial charge < -0.3 is 10.2 Å². The normalized spacial score (nSPS) is 25.6. The van der Waals surface area contributed by atoms with Gasteiger partial charge in [0.1, 0.15) is 0 Å². The maximum absolute atomic E-state index is 12.0. The molecule has 1 heterocycles. The minimum absolute atomic E-state index is 0.301.